The van der Waals surface area contributed by atoms with E-state index in [1.807, 2.05) is 0 Å². The summed E-state index contributed by atoms with van der Waals surface area (Å²) in [5.74, 6) is 0.0627. The van der Waals surface area contributed by atoms with Crippen molar-refractivity contribution in [3.05, 3.63) is 16.5 Å². The van der Waals surface area contributed by atoms with Crippen molar-refractivity contribution in [2.24, 2.45) is 0 Å². The molecule has 0 atom stereocenters. The van der Waals surface area contributed by atoms with E-state index in [1.54, 1.807) is 18.0 Å². The number of rotatable bonds is 5. The molecule has 0 radical (unpaired) electrons. The topological polar surface area (TPSA) is 69.7 Å². The number of nitrogens with zero attached hydrogens (tertiary/aromatic N) is 2. The summed E-state index contributed by atoms with van der Waals surface area (Å²) in [5.41, 5.74) is 0. The van der Waals surface area contributed by atoms with Crippen molar-refractivity contribution in [2.75, 3.05) is 39.8 Å². The normalized spacial score (nSPS) is 17.5. The maximum absolute atomic E-state index is 12.6. The highest BCUT2D eigenvalue weighted by atomic mass is 35.5. The molecule has 9 heteroatoms. The molecule has 1 aromatic heterocycles. The number of hydrogen-bond donors (Lipinski definition) is 1. The van der Waals surface area contributed by atoms with Gasteiger partial charge in [-0.1, -0.05) is 11.6 Å². The van der Waals surface area contributed by atoms with Gasteiger partial charge in [-0.25, -0.2) is 8.42 Å². The number of nitrogens with one attached hydrogen (secondary N) is 1. The lowest BCUT2D eigenvalue weighted by molar-refractivity contribution is -0.130. The van der Waals surface area contributed by atoms with Gasteiger partial charge in [0.1, 0.15) is 4.21 Å². The second kappa shape index (κ2) is 7.74. The Kier molecular flexibility index (Phi) is 6.22. The molecule has 0 spiro atoms. The lowest BCUT2D eigenvalue weighted by Gasteiger charge is -2.21. The lowest BCUT2D eigenvalue weighted by Crippen LogP contribution is -2.37. The first-order valence-electron chi connectivity index (χ1n) is 7.13. The van der Waals surface area contributed by atoms with E-state index in [0.717, 1.165) is 11.3 Å². The molecule has 1 N–H and O–H groups in total. The minimum absolute atomic E-state index is 0.0627. The fourth-order valence-corrected chi connectivity index (χ4v) is 5.44. The molecule has 6 nitrogen and oxygen atoms in total. The van der Waals surface area contributed by atoms with Crippen LogP contribution in [0, 0.1) is 0 Å². The van der Waals surface area contributed by atoms with Crippen LogP contribution in [0.15, 0.2) is 16.3 Å². The van der Waals surface area contributed by atoms with Crippen molar-refractivity contribution in [3.63, 3.8) is 0 Å². The zero-order valence-electron chi connectivity index (χ0n) is 12.4. The van der Waals surface area contributed by atoms with Crippen LogP contribution >= 0.6 is 22.9 Å². The van der Waals surface area contributed by atoms with Crippen molar-refractivity contribution >= 4 is 38.9 Å². The summed E-state index contributed by atoms with van der Waals surface area (Å²) in [7, 11) is -1.71. The Morgan fingerprint density at radius 2 is 2.09 bits per heavy atom. The van der Waals surface area contributed by atoms with E-state index in [1.165, 1.54) is 10.4 Å². The summed E-state index contributed by atoms with van der Waals surface area (Å²) in [6.07, 6.45) is 1.08. The third-order valence-electron chi connectivity index (χ3n) is 3.54. The van der Waals surface area contributed by atoms with Crippen molar-refractivity contribution < 1.29 is 13.2 Å². The van der Waals surface area contributed by atoms with E-state index >= 15 is 0 Å². The van der Waals surface area contributed by atoms with Gasteiger partial charge >= 0.3 is 0 Å². The predicted molar refractivity (Wildman–Crippen MR) is 87.8 cm³/mol. The molecule has 2 rings (SSSR count). The maximum Gasteiger partial charge on any atom is 0.252 e. The Morgan fingerprint density at radius 1 is 1.32 bits per heavy atom. The van der Waals surface area contributed by atoms with E-state index in [2.05, 4.69) is 5.32 Å². The molecule has 22 heavy (non-hydrogen) atoms. The zero-order valence-corrected chi connectivity index (χ0v) is 14.8. The molecule has 0 saturated carbocycles. The first-order valence-corrected chi connectivity index (χ1v) is 9.76. The number of thiophene rings is 1. The Hall–Kier alpha value is -0.670. The second-order valence-corrected chi connectivity index (χ2v) is 8.93. The quantitative estimate of drug-likeness (QED) is 0.852. The summed E-state index contributed by atoms with van der Waals surface area (Å²) >= 11 is 6.89. The third kappa shape index (κ3) is 4.20. The molecule has 1 aromatic rings. The van der Waals surface area contributed by atoms with Crippen LogP contribution in [0.25, 0.3) is 0 Å². The number of halogens is 1. The van der Waals surface area contributed by atoms with E-state index in [0.29, 0.717) is 49.9 Å². The predicted octanol–water partition coefficient (Wildman–Crippen LogP) is 1.23. The van der Waals surface area contributed by atoms with Crippen LogP contribution in [0.3, 0.4) is 0 Å². The average molecular weight is 366 g/mol. The van der Waals surface area contributed by atoms with Crippen molar-refractivity contribution in [1.29, 1.82) is 0 Å². The highest BCUT2D eigenvalue weighted by Gasteiger charge is 2.29. The standard InChI is InChI=1S/C13H20ClN3O3S2/c1-15-6-5-12(18)16-7-2-8-17(10-9-16)22(19,20)13-4-3-11(14)21-13/h3-4,15H,2,5-10H2,1H3. The van der Waals surface area contributed by atoms with Gasteiger partial charge in [0, 0.05) is 39.1 Å². The number of hydrogen-bond acceptors (Lipinski definition) is 5. The highest BCUT2D eigenvalue weighted by Crippen LogP contribution is 2.28. The highest BCUT2D eigenvalue weighted by molar-refractivity contribution is 7.91. The van der Waals surface area contributed by atoms with Crippen LogP contribution in [0.5, 0.6) is 0 Å². The minimum Gasteiger partial charge on any atom is -0.341 e. The largest absolute Gasteiger partial charge is 0.341 e. The average Bonchev–Trinajstić information content (AvgIpc) is 2.77. The molecular formula is C13H20ClN3O3S2. The van der Waals surface area contributed by atoms with Gasteiger partial charge in [-0.15, -0.1) is 11.3 Å². The summed E-state index contributed by atoms with van der Waals surface area (Å²) in [6, 6.07) is 3.12. The fourth-order valence-electron chi connectivity index (χ4n) is 2.34. The fraction of sp³-hybridized carbons (Fsp3) is 0.615. The maximum atomic E-state index is 12.6. The first kappa shape index (κ1) is 17.7. The zero-order chi connectivity index (χ0) is 16.2. The number of sulfonamides is 1. The first-order chi connectivity index (χ1) is 10.4. The molecule has 0 aromatic carbocycles. The summed E-state index contributed by atoms with van der Waals surface area (Å²) in [4.78, 5) is 13.8. The lowest BCUT2D eigenvalue weighted by atomic mass is 10.3. The molecule has 1 aliphatic rings. The van der Waals surface area contributed by atoms with Gasteiger partial charge in [0.2, 0.25) is 5.91 Å². The van der Waals surface area contributed by atoms with Gasteiger partial charge in [0.15, 0.2) is 0 Å². The van der Waals surface area contributed by atoms with Gasteiger partial charge in [0.25, 0.3) is 10.0 Å². The van der Waals surface area contributed by atoms with Crippen molar-refractivity contribution in [3.8, 4) is 0 Å². The van der Waals surface area contributed by atoms with Gasteiger partial charge < -0.3 is 10.2 Å². The summed E-state index contributed by atoms with van der Waals surface area (Å²) in [5, 5.41) is 2.95. The van der Waals surface area contributed by atoms with Crippen LogP contribution in [0.2, 0.25) is 4.34 Å². The van der Waals surface area contributed by atoms with Crippen molar-refractivity contribution in [2.45, 2.75) is 17.1 Å². The van der Waals surface area contributed by atoms with Crippen LogP contribution in [-0.2, 0) is 14.8 Å². The van der Waals surface area contributed by atoms with Gasteiger partial charge in [-0.3, -0.25) is 4.79 Å². The molecular weight excluding hydrogens is 346 g/mol. The molecule has 0 aliphatic carbocycles. The van der Waals surface area contributed by atoms with Crippen LogP contribution in [-0.4, -0.2) is 63.3 Å². The van der Waals surface area contributed by atoms with Gasteiger partial charge in [-0.05, 0) is 25.6 Å². The molecule has 0 bridgehead atoms. The SMILES string of the molecule is CNCCC(=O)N1CCCN(S(=O)(=O)c2ccc(Cl)s2)CC1. The molecule has 1 fully saturated rings. The molecule has 2 heterocycles. The van der Waals surface area contributed by atoms with E-state index in [-0.39, 0.29) is 10.1 Å². The monoisotopic (exact) mass is 365 g/mol. The molecule has 1 saturated heterocycles. The van der Waals surface area contributed by atoms with Crippen molar-refractivity contribution in [1.82, 2.24) is 14.5 Å². The Labute approximate surface area is 140 Å². The van der Waals surface area contributed by atoms with E-state index in [9.17, 15) is 13.2 Å². The number of carbonyl (C=O) groups is 1. The van der Waals surface area contributed by atoms with Gasteiger partial charge in [-0.2, -0.15) is 4.31 Å². The van der Waals surface area contributed by atoms with E-state index < -0.39 is 10.0 Å². The summed E-state index contributed by atoms with van der Waals surface area (Å²) in [6.45, 7) is 2.41. The van der Waals surface area contributed by atoms with Gasteiger partial charge in [0.05, 0.1) is 4.34 Å². The molecule has 1 aliphatic heterocycles. The Morgan fingerprint density at radius 3 is 2.73 bits per heavy atom. The second-order valence-electron chi connectivity index (χ2n) is 5.05. The Bertz CT molecular complexity index is 618. The number of carbonyl (C=O) groups excluding carboxylic acids is 1. The number of amides is 1. The smallest absolute Gasteiger partial charge is 0.252 e. The van der Waals surface area contributed by atoms with Crippen LogP contribution in [0.4, 0.5) is 0 Å². The molecule has 0 unspecified atom stereocenters. The van der Waals surface area contributed by atoms with Crippen LogP contribution in [0.1, 0.15) is 12.8 Å². The Balaban J connectivity index is 2.02. The third-order valence-corrected chi connectivity index (χ3v) is 7.14. The van der Waals surface area contributed by atoms with E-state index in [4.69, 9.17) is 11.6 Å². The molecule has 1 amide bonds. The summed E-state index contributed by atoms with van der Waals surface area (Å²) < 4.78 is 27.3. The van der Waals surface area contributed by atoms with Crippen LogP contribution < -0.4 is 5.32 Å². The minimum atomic E-state index is -3.51. The molecule has 124 valence electrons.